The van der Waals surface area contributed by atoms with E-state index < -0.39 is 33.5 Å². The summed E-state index contributed by atoms with van der Waals surface area (Å²) in [5.74, 6) is 0.110. The van der Waals surface area contributed by atoms with Crippen molar-refractivity contribution >= 4 is 27.8 Å². The molecule has 2 aromatic heterocycles. The fourth-order valence-electron chi connectivity index (χ4n) is 4.41. The molecule has 0 spiro atoms. The summed E-state index contributed by atoms with van der Waals surface area (Å²) in [5, 5.41) is 2.38. The van der Waals surface area contributed by atoms with Crippen molar-refractivity contribution in [3.8, 4) is 11.3 Å². The highest BCUT2D eigenvalue weighted by Gasteiger charge is 2.35. The third-order valence-electron chi connectivity index (χ3n) is 6.19. The van der Waals surface area contributed by atoms with Crippen molar-refractivity contribution in [1.29, 1.82) is 0 Å². The number of carbonyl (C=O) groups excluding carboxylic acids is 1. The quantitative estimate of drug-likeness (QED) is 0.406. The van der Waals surface area contributed by atoms with Gasteiger partial charge in [-0.15, -0.1) is 0 Å². The Labute approximate surface area is 237 Å². The van der Waals surface area contributed by atoms with Gasteiger partial charge in [0.1, 0.15) is 17.2 Å². The van der Waals surface area contributed by atoms with Crippen LogP contribution in [0.1, 0.15) is 44.7 Å². The Hall–Kier alpha value is -3.87. The number of sulfonamides is 1. The monoisotopic (exact) mass is 591 g/mol. The normalized spacial score (nSPS) is 15.5. The van der Waals surface area contributed by atoms with Crippen molar-refractivity contribution in [1.82, 2.24) is 15.3 Å². The summed E-state index contributed by atoms with van der Waals surface area (Å²) in [7, 11) is -4.30. The summed E-state index contributed by atoms with van der Waals surface area (Å²) < 4.78 is 75.9. The molecule has 0 radical (unpaired) electrons. The summed E-state index contributed by atoms with van der Waals surface area (Å²) in [4.78, 5) is 22.4. The molecule has 0 fully saturated rings. The molecule has 3 heterocycles. The Morgan fingerprint density at radius 1 is 1.02 bits per heavy atom. The van der Waals surface area contributed by atoms with Gasteiger partial charge in [-0.05, 0) is 69.9 Å². The molecule has 2 N–H and O–H groups in total. The van der Waals surface area contributed by atoms with E-state index in [0.717, 1.165) is 12.1 Å². The predicted octanol–water partition coefficient (Wildman–Crippen LogP) is 5.63. The minimum Gasteiger partial charge on any atom is -0.444 e. The highest BCUT2D eigenvalue weighted by atomic mass is 32.2. The Morgan fingerprint density at radius 2 is 1.78 bits per heavy atom. The molecule has 0 atom stereocenters. The molecular formula is C28H32F3N5O4S. The number of fused-ring (bicyclic) bond motifs is 6. The molecule has 0 saturated heterocycles. The highest BCUT2D eigenvalue weighted by molar-refractivity contribution is 7.92. The molecule has 4 rings (SSSR count). The first kappa shape index (κ1) is 30.1. The number of anilines is 2. The molecule has 1 aliphatic heterocycles. The van der Waals surface area contributed by atoms with Crippen LogP contribution in [0.25, 0.3) is 11.3 Å². The topological polar surface area (TPSA) is 114 Å². The largest absolute Gasteiger partial charge is 0.444 e. The van der Waals surface area contributed by atoms with Gasteiger partial charge in [0.25, 0.3) is 10.0 Å². The maximum absolute atomic E-state index is 14.0. The lowest BCUT2D eigenvalue weighted by atomic mass is 9.96. The van der Waals surface area contributed by atoms with E-state index in [1.54, 1.807) is 51.1 Å². The van der Waals surface area contributed by atoms with E-state index >= 15 is 0 Å². The lowest BCUT2D eigenvalue weighted by Gasteiger charge is -2.25. The second kappa shape index (κ2) is 11.9. The fourth-order valence-corrected chi connectivity index (χ4v) is 5.37. The minimum absolute atomic E-state index is 0.213. The Kier molecular flexibility index (Phi) is 8.76. The van der Waals surface area contributed by atoms with Crippen molar-refractivity contribution < 1.29 is 31.1 Å². The van der Waals surface area contributed by atoms with E-state index in [0.29, 0.717) is 43.7 Å². The number of aromatic nitrogens is 2. The van der Waals surface area contributed by atoms with Gasteiger partial charge < -0.3 is 15.0 Å². The number of hydrogen-bond donors (Lipinski definition) is 2. The zero-order chi connectivity index (χ0) is 29.8. The molecule has 220 valence electrons. The second-order valence-electron chi connectivity index (χ2n) is 10.6. The Bertz CT molecular complexity index is 1510. The zero-order valence-electron chi connectivity index (χ0n) is 23.0. The van der Waals surface area contributed by atoms with Gasteiger partial charge in [-0.2, -0.15) is 21.6 Å². The number of ether oxygens (including phenoxy) is 1. The van der Waals surface area contributed by atoms with Gasteiger partial charge in [0.05, 0.1) is 11.3 Å². The number of amides is 1. The third kappa shape index (κ3) is 7.87. The van der Waals surface area contributed by atoms with Crippen molar-refractivity contribution in [2.45, 2.75) is 56.8 Å². The average molecular weight is 592 g/mol. The maximum Gasteiger partial charge on any atom is 0.418 e. The number of aryl methyl sites for hydroxylation is 1. The third-order valence-corrected chi connectivity index (χ3v) is 7.45. The molecule has 9 nitrogen and oxygen atoms in total. The van der Waals surface area contributed by atoms with Crippen LogP contribution in [-0.4, -0.2) is 49.7 Å². The number of rotatable bonds is 3. The van der Waals surface area contributed by atoms with Crippen LogP contribution in [0.2, 0.25) is 0 Å². The van der Waals surface area contributed by atoms with Crippen LogP contribution in [-0.2, 0) is 27.4 Å². The number of alkyl carbamates (subject to hydrolysis) is 1. The average Bonchev–Trinajstić information content (AvgIpc) is 2.88. The van der Waals surface area contributed by atoms with Gasteiger partial charge in [-0.3, -0.25) is 4.72 Å². The highest BCUT2D eigenvalue weighted by Crippen LogP contribution is 2.38. The van der Waals surface area contributed by atoms with E-state index in [9.17, 15) is 26.4 Å². The molecule has 1 amide bonds. The van der Waals surface area contributed by atoms with Crippen LogP contribution in [0, 0.1) is 0 Å². The van der Waals surface area contributed by atoms with Crippen molar-refractivity contribution in [2.75, 3.05) is 29.3 Å². The number of pyridine rings is 2. The van der Waals surface area contributed by atoms with Gasteiger partial charge in [-0.25, -0.2) is 14.8 Å². The second-order valence-corrected chi connectivity index (χ2v) is 12.2. The fraction of sp³-hybridized carbons (Fsp3) is 0.393. The van der Waals surface area contributed by atoms with Gasteiger partial charge in [0, 0.05) is 25.2 Å². The van der Waals surface area contributed by atoms with Crippen LogP contribution in [0.4, 0.5) is 29.6 Å². The molecule has 4 bridgehead atoms. The molecule has 13 heteroatoms. The zero-order valence-corrected chi connectivity index (χ0v) is 23.8. The van der Waals surface area contributed by atoms with Crippen molar-refractivity contribution in [2.24, 2.45) is 0 Å². The van der Waals surface area contributed by atoms with E-state index in [2.05, 4.69) is 20.0 Å². The molecule has 0 unspecified atom stereocenters. The predicted molar refractivity (Wildman–Crippen MR) is 149 cm³/mol. The van der Waals surface area contributed by atoms with Gasteiger partial charge >= 0.3 is 12.3 Å². The summed E-state index contributed by atoms with van der Waals surface area (Å²) in [6, 6.07) is 13.0. The molecule has 0 aliphatic carbocycles. The molecule has 3 aromatic rings. The SMILES string of the molecule is CC(C)(C)OC(=O)NCCN1CCCCc2ccccc2-c2nc(ccc2C(F)(F)F)NS(=O)(=O)c2cccc1n2. The molecule has 41 heavy (non-hydrogen) atoms. The number of nitrogens with zero attached hydrogens (tertiary/aromatic N) is 3. The Morgan fingerprint density at radius 3 is 2.51 bits per heavy atom. The van der Waals surface area contributed by atoms with Gasteiger partial charge in [-0.1, -0.05) is 30.3 Å². The van der Waals surface area contributed by atoms with E-state index in [1.807, 2.05) is 4.90 Å². The van der Waals surface area contributed by atoms with E-state index in [4.69, 9.17) is 4.74 Å². The van der Waals surface area contributed by atoms with Gasteiger partial charge in [0.15, 0.2) is 5.03 Å². The Balaban J connectivity index is 1.69. The lowest BCUT2D eigenvalue weighted by Crippen LogP contribution is -2.38. The van der Waals surface area contributed by atoms with E-state index in [1.165, 1.54) is 12.1 Å². The van der Waals surface area contributed by atoms with Crippen molar-refractivity contribution in [3.63, 3.8) is 0 Å². The standard InChI is InChI=1S/C28H32F3N5O4S/c1-27(2,3)40-26(37)32-16-18-36-17-7-6-10-19-9-4-5-11-20(19)25-21(28(29,30)31)14-15-22(33-25)35-41(38,39)24-13-8-12-23(36)34-24/h4-5,8-9,11-15H,6-7,10,16-18H2,1-3H3,(H,32,37)(H,33,35). The first-order valence-electron chi connectivity index (χ1n) is 13.1. The number of carbonyl (C=O) groups is 1. The number of nitrogens with one attached hydrogen (secondary N) is 2. The summed E-state index contributed by atoms with van der Waals surface area (Å²) in [6.45, 7) is 6.26. The lowest BCUT2D eigenvalue weighted by molar-refractivity contribution is -0.137. The first-order valence-corrected chi connectivity index (χ1v) is 14.6. The number of hydrogen-bond acceptors (Lipinski definition) is 7. The van der Waals surface area contributed by atoms with Crippen LogP contribution in [0.15, 0.2) is 59.6 Å². The van der Waals surface area contributed by atoms with Crippen LogP contribution < -0.4 is 14.9 Å². The number of benzene rings is 1. The molecule has 0 saturated carbocycles. The molecule has 1 aliphatic rings. The van der Waals surface area contributed by atoms with E-state index in [-0.39, 0.29) is 28.6 Å². The molecular weight excluding hydrogens is 559 g/mol. The summed E-state index contributed by atoms with van der Waals surface area (Å²) in [6.07, 6.45) is -3.54. The van der Waals surface area contributed by atoms with Crippen LogP contribution in [0.5, 0.6) is 0 Å². The maximum atomic E-state index is 14.0. The molecule has 1 aromatic carbocycles. The number of halogens is 3. The van der Waals surface area contributed by atoms with Gasteiger partial charge in [0.2, 0.25) is 0 Å². The number of alkyl halides is 3. The van der Waals surface area contributed by atoms with Crippen LogP contribution in [0.3, 0.4) is 0 Å². The first-order chi connectivity index (χ1) is 19.2. The smallest absolute Gasteiger partial charge is 0.418 e. The summed E-state index contributed by atoms with van der Waals surface area (Å²) >= 11 is 0. The summed E-state index contributed by atoms with van der Waals surface area (Å²) in [5.41, 5.74) is -1.01. The minimum atomic E-state index is -4.69. The van der Waals surface area contributed by atoms with Crippen LogP contribution >= 0.6 is 0 Å². The van der Waals surface area contributed by atoms with Crippen molar-refractivity contribution in [3.05, 3.63) is 65.7 Å².